The molecule has 2 heteroatoms. The Balaban J connectivity index is 4.82. The zero-order valence-corrected chi connectivity index (χ0v) is 12.6. The third-order valence-electron chi connectivity index (χ3n) is 3.19. The zero-order chi connectivity index (χ0) is 12.3. The van der Waals surface area contributed by atoms with E-state index in [1.807, 2.05) is 13.0 Å². The van der Waals surface area contributed by atoms with Crippen molar-refractivity contribution in [2.24, 2.45) is 0 Å². The summed E-state index contributed by atoms with van der Waals surface area (Å²) in [4.78, 5) is 0. The molecule has 0 fully saturated rings. The maximum atomic E-state index is 6.18. The molecule has 0 radical (unpaired) electrons. The van der Waals surface area contributed by atoms with E-state index in [9.17, 15) is 0 Å². The molecule has 0 atom stereocenters. The molecule has 0 amide bonds. The van der Waals surface area contributed by atoms with E-state index in [-0.39, 0.29) is 5.04 Å². The topological polar surface area (TPSA) is 9.23 Å². The molecular formula is C13H26OSi. The lowest BCUT2D eigenvalue weighted by molar-refractivity contribution is 0.382. The standard InChI is InChI=1S/C13H26OSi/c1-9-10-11(2)12(3)14-15(7,8)13(4,5)6/h9-10H,1-8H3/b10-9+,12-11+. The number of rotatable bonds is 3. The van der Waals surface area contributed by atoms with Crippen molar-refractivity contribution in [3.63, 3.8) is 0 Å². The van der Waals surface area contributed by atoms with Gasteiger partial charge in [0, 0.05) is 0 Å². The van der Waals surface area contributed by atoms with Crippen LogP contribution in [0.2, 0.25) is 18.1 Å². The lowest BCUT2D eigenvalue weighted by Crippen LogP contribution is -2.40. The third-order valence-corrected chi connectivity index (χ3v) is 7.62. The fourth-order valence-corrected chi connectivity index (χ4v) is 2.22. The van der Waals surface area contributed by atoms with Crippen LogP contribution in [-0.2, 0) is 4.43 Å². The van der Waals surface area contributed by atoms with E-state index < -0.39 is 8.32 Å². The molecule has 88 valence electrons. The van der Waals surface area contributed by atoms with Crippen LogP contribution >= 0.6 is 0 Å². The Hall–Kier alpha value is -0.503. The fourth-order valence-electron chi connectivity index (χ4n) is 0.984. The van der Waals surface area contributed by atoms with Crippen molar-refractivity contribution >= 4 is 8.32 Å². The molecule has 0 aliphatic rings. The zero-order valence-electron chi connectivity index (χ0n) is 11.6. The van der Waals surface area contributed by atoms with E-state index in [0.717, 1.165) is 5.76 Å². The van der Waals surface area contributed by atoms with Crippen LogP contribution in [0, 0.1) is 0 Å². The summed E-state index contributed by atoms with van der Waals surface area (Å²) in [5.74, 6) is 1.07. The number of hydrogen-bond donors (Lipinski definition) is 0. The van der Waals surface area contributed by atoms with Gasteiger partial charge in [0.25, 0.3) is 0 Å². The second kappa shape index (κ2) is 5.02. The second-order valence-electron chi connectivity index (χ2n) is 5.60. The van der Waals surface area contributed by atoms with Crippen LogP contribution in [0.4, 0.5) is 0 Å². The first-order valence-electron chi connectivity index (χ1n) is 5.61. The number of allylic oxidation sites excluding steroid dienone is 4. The average molecular weight is 226 g/mol. The van der Waals surface area contributed by atoms with Crippen molar-refractivity contribution in [2.45, 2.75) is 59.7 Å². The first-order valence-corrected chi connectivity index (χ1v) is 8.52. The Bertz CT molecular complexity index is 267. The molecular weight excluding hydrogens is 200 g/mol. The van der Waals surface area contributed by atoms with Crippen LogP contribution in [0.15, 0.2) is 23.5 Å². The quantitative estimate of drug-likeness (QED) is 0.379. The van der Waals surface area contributed by atoms with Gasteiger partial charge in [-0.2, -0.15) is 0 Å². The summed E-state index contributed by atoms with van der Waals surface area (Å²) < 4.78 is 6.18. The second-order valence-corrected chi connectivity index (χ2v) is 10.3. The Morgan fingerprint density at radius 3 is 1.93 bits per heavy atom. The molecule has 0 aromatic carbocycles. The van der Waals surface area contributed by atoms with Crippen LogP contribution in [0.25, 0.3) is 0 Å². The van der Waals surface area contributed by atoms with E-state index in [2.05, 4.69) is 53.8 Å². The van der Waals surface area contributed by atoms with Gasteiger partial charge in [-0.3, -0.25) is 0 Å². The summed E-state index contributed by atoms with van der Waals surface area (Å²) >= 11 is 0. The SMILES string of the molecule is C/C=C/C(C)=C(\C)O[Si](C)(C)C(C)(C)C. The summed E-state index contributed by atoms with van der Waals surface area (Å²) in [6.45, 7) is 17.5. The first-order chi connectivity index (χ1) is 6.62. The number of hydrogen-bond acceptors (Lipinski definition) is 1. The predicted molar refractivity (Wildman–Crippen MR) is 71.5 cm³/mol. The molecule has 0 saturated carbocycles. The minimum atomic E-state index is -1.65. The van der Waals surface area contributed by atoms with Crippen LogP contribution < -0.4 is 0 Å². The maximum absolute atomic E-state index is 6.18. The minimum Gasteiger partial charge on any atom is -0.547 e. The molecule has 0 aromatic heterocycles. The molecule has 0 N–H and O–H groups in total. The normalized spacial score (nSPS) is 15.5. The Morgan fingerprint density at radius 2 is 1.60 bits per heavy atom. The molecule has 0 heterocycles. The highest BCUT2D eigenvalue weighted by Crippen LogP contribution is 2.38. The monoisotopic (exact) mass is 226 g/mol. The van der Waals surface area contributed by atoms with Gasteiger partial charge >= 0.3 is 0 Å². The van der Waals surface area contributed by atoms with Crippen LogP contribution in [0.5, 0.6) is 0 Å². The van der Waals surface area contributed by atoms with Gasteiger partial charge in [0.15, 0.2) is 0 Å². The van der Waals surface area contributed by atoms with Gasteiger partial charge in [-0.1, -0.05) is 32.9 Å². The van der Waals surface area contributed by atoms with Gasteiger partial charge in [0.2, 0.25) is 8.32 Å². The smallest absolute Gasteiger partial charge is 0.250 e. The maximum Gasteiger partial charge on any atom is 0.250 e. The summed E-state index contributed by atoms with van der Waals surface area (Å²) in [5, 5.41) is 0.268. The van der Waals surface area contributed by atoms with Gasteiger partial charge in [-0.25, -0.2) is 0 Å². The van der Waals surface area contributed by atoms with Crippen molar-refractivity contribution in [3.8, 4) is 0 Å². The van der Waals surface area contributed by atoms with Crippen molar-refractivity contribution < 1.29 is 4.43 Å². The molecule has 0 bridgehead atoms. The molecule has 1 nitrogen and oxygen atoms in total. The lowest BCUT2D eigenvalue weighted by Gasteiger charge is -2.37. The summed E-state index contributed by atoms with van der Waals surface area (Å²) in [6, 6.07) is 0. The van der Waals surface area contributed by atoms with Crippen molar-refractivity contribution in [2.75, 3.05) is 0 Å². The molecule has 0 aliphatic heterocycles. The summed E-state index contributed by atoms with van der Waals surface area (Å²) in [6.07, 6.45) is 4.15. The fraction of sp³-hybridized carbons (Fsp3) is 0.692. The Labute approximate surface area is 96.4 Å². The van der Waals surface area contributed by atoms with Gasteiger partial charge in [-0.05, 0) is 44.5 Å². The average Bonchev–Trinajstić information content (AvgIpc) is 2.01. The van der Waals surface area contributed by atoms with Gasteiger partial charge in [-0.15, -0.1) is 0 Å². The van der Waals surface area contributed by atoms with Gasteiger partial charge < -0.3 is 4.43 Å². The van der Waals surface area contributed by atoms with Gasteiger partial charge in [0.1, 0.15) is 0 Å². The molecule has 0 saturated heterocycles. The summed E-state index contributed by atoms with van der Waals surface area (Å²) in [5.41, 5.74) is 1.22. The van der Waals surface area contributed by atoms with E-state index in [4.69, 9.17) is 4.43 Å². The van der Waals surface area contributed by atoms with Crippen molar-refractivity contribution in [1.29, 1.82) is 0 Å². The van der Waals surface area contributed by atoms with Crippen LogP contribution in [0.1, 0.15) is 41.5 Å². The molecule has 15 heavy (non-hydrogen) atoms. The first kappa shape index (κ1) is 14.5. The molecule has 0 rings (SSSR count). The van der Waals surface area contributed by atoms with E-state index >= 15 is 0 Å². The highest BCUT2D eigenvalue weighted by molar-refractivity contribution is 6.74. The highest BCUT2D eigenvalue weighted by atomic mass is 28.4. The van der Waals surface area contributed by atoms with Gasteiger partial charge in [0.05, 0.1) is 5.76 Å². The van der Waals surface area contributed by atoms with E-state index in [0.29, 0.717) is 0 Å². The molecule has 0 aromatic rings. The van der Waals surface area contributed by atoms with Crippen LogP contribution in [-0.4, -0.2) is 8.32 Å². The third kappa shape index (κ3) is 4.25. The van der Waals surface area contributed by atoms with E-state index in [1.165, 1.54) is 5.57 Å². The minimum absolute atomic E-state index is 0.268. The predicted octanol–water partition coefficient (Wildman–Crippen LogP) is 4.88. The highest BCUT2D eigenvalue weighted by Gasteiger charge is 2.38. The molecule has 0 spiro atoms. The Kier molecular flexibility index (Phi) is 4.85. The van der Waals surface area contributed by atoms with Crippen LogP contribution in [0.3, 0.4) is 0 Å². The van der Waals surface area contributed by atoms with Crippen molar-refractivity contribution in [3.05, 3.63) is 23.5 Å². The summed E-state index contributed by atoms with van der Waals surface area (Å²) in [7, 11) is -1.65. The molecule has 0 unspecified atom stereocenters. The molecule has 0 aliphatic carbocycles. The lowest BCUT2D eigenvalue weighted by atomic mass is 10.2. The van der Waals surface area contributed by atoms with Crippen molar-refractivity contribution in [1.82, 2.24) is 0 Å². The van der Waals surface area contributed by atoms with E-state index in [1.54, 1.807) is 0 Å². The largest absolute Gasteiger partial charge is 0.547 e. The Morgan fingerprint density at radius 1 is 1.13 bits per heavy atom.